The van der Waals surface area contributed by atoms with Crippen LogP contribution in [0.4, 0.5) is 5.69 Å². The number of carbonyl (C=O) groups is 1. The Morgan fingerprint density at radius 1 is 1.44 bits per heavy atom. The minimum atomic E-state index is -0.996. The van der Waals surface area contributed by atoms with Gasteiger partial charge >= 0.3 is 0 Å². The van der Waals surface area contributed by atoms with Gasteiger partial charge in [0.2, 0.25) is 5.91 Å². The monoisotopic (exact) mass is 246 g/mol. The average Bonchev–Trinajstić information content (AvgIpc) is 2.40. The molecule has 0 fully saturated rings. The van der Waals surface area contributed by atoms with Gasteiger partial charge in [-0.25, -0.2) is 0 Å². The second-order valence-corrected chi connectivity index (χ2v) is 4.42. The van der Waals surface area contributed by atoms with Crippen molar-refractivity contribution < 1.29 is 9.90 Å². The molecule has 1 aromatic carbocycles. The number of aliphatic hydroxyl groups is 1. The summed E-state index contributed by atoms with van der Waals surface area (Å²) in [4.78, 5) is 11.9. The van der Waals surface area contributed by atoms with Gasteiger partial charge in [-0.05, 0) is 37.5 Å². The summed E-state index contributed by atoms with van der Waals surface area (Å²) >= 11 is 0. The second kappa shape index (κ2) is 6.18. The number of aliphatic hydroxyl groups excluding tert-OH is 1. The number of benzene rings is 1. The van der Waals surface area contributed by atoms with E-state index in [0.717, 1.165) is 5.56 Å². The van der Waals surface area contributed by atoms with Crippen LogP contribution in [0.15, 0.2) is 24.3 Å². The molecule has 1 amide bonds. The number of nitriles is 1. The Kier molecular flexibility index (Phi) is 4.87. The lowest BCUT2D eigenvalue weighted by Crippen LogP contribution is -2.31. The predicted octanol–water partition coefficient (Wildman–Crippen LogP) is 2.10. The lowest BCUT2D eigenvalue weighted by atomic mass is 9.88. The van der Waals surface area contributed by atoms with Crippen LogP contribution in [0.5, 0.6) is 0 Å². The molecule has 0 aromatic heterocycles. The van der Waals surface area contributed by atoms with E-state index in [-0.39, 0.29) is 12.5 Å². The Hall–Kier alpha value is -1.86. The minimum Gasteiger partial charge on any atom is -0.396 e. The molecule has 1 atom stereocenters. The van der Waals surface area contributed by atoms with Gasteiger partial charge in [-0.2, -0.15) is 5.26 Å². The van der Waals surface area contributed by atoms with Gasteiger partial charge < -0.3 is 10.4 Å². The Morgan fingerprint density at radius 3 is 2.50 bits per heavy atom. The SMILES string of the molecule is CCC(C)(C#N)C(=O)Nc1ccc(CCO)cc1. The van der Waals surface area contributed by atoms with E-state index in [1.807, 2.05) is 25.1 Å². The molecule has 0 heterocycles. The summed E-state index contributed by atoms with van der Waals surface area (Å²) in [7, 11) is 0. The molecule has 0 spiro atoms. The third-order valence-corrected chi connectivity index (χ3v) is 3.07. The molecule has 1 unspecified atom stereocenters. The van der Waals surface area contributed by atoms with Gasteiger partial charge in [0.15, 0.2) is 0 Å². The summed E-state index contributed by atoms with van der Waals surface area (Å²) < 4.78 is 0. The van der Waals surface area contributed by atoms with Crippen molar-refractivity contribution in [3.8, 4) is 6.07 Å². The zero-order valence-corrected chi connectivity index (χ0v) is 10.7. The Balaban J connectivity index is 2.74. The molecule has 1 aromatic rings. The maximum absolute atomic E-state index is 11.9. The molecule has 4 nitrogen and oxygen atoms in total. The molecule has 0 radical (unpaired) electrons. The second-order valence-electron chi connectivity index (χ2n) is 4.42. The first-order valence-corrected chi connectivity index (χ1v) is 5.98. The summed E-state index contributed by atoms with van der Waals surface area (Å²) in [5, 5.41) is 20.5. The van der Waals surface area contributed by atoms with Crippen molar-refractivity contribution in [2.45, 2.75) is 26.7 Å². The van der Waals surface area contributed by atoms with Gasteiger partial charge in [-0.15, -0.1) is 0 Å². The fourth-order valence-electron chi connectivity index (χ4n) is 1.44. The summed E-state index contributed by atoms with van der Waals surface area (Å²) in [5.74, 6) is -0.289. The van der Waals surface area contributed by atoms with Gasteiger partial charge in [-0.1, -0.05) is 19.1 Å². The molecular formula is C14H18N2O2. The van der Waals surface area contributed by atoms with Crippen molar-refractivity contribution in [3.05, 3.63) is 29.8 Å². The van der Waals surface area contributed by atoms with Gasteiger partial charge in [0, 0.05) is 12.3 Å². The van der Waals surface area contributed by atoms with Crippen molar-refractivity contribution in [2.75, 3.05) is 11.9 Å². The largest absolute Gasteiger partial charge is 0.396 e. The fraction of sp³-hybridized carbons (Fsp3) is 0.429. The zero-order chi connectivity index (χ0) is 13.6. The van der Waals surface area contributed by atoms with E-state index >= 15 is 0 Å². The maximum atomic E-state index is 11.9. The first kappa shape index (κ1) is 14.2. The first-order valence-electron chi connectivity index (χ1n) is 5.98. The summed E-state index contributed by atoms with van der Waals surface area (Å²) in [6.45, 7) is 3.55. The molecule has 4 heteroatoms. The van der Waals surface area contributed by atoms with Crippen LogP contribution >= 0.6 is 0 Å². The van der Waals surface area contributed by atoms with Crippen LogP contribution in [-0.4, -0.2) is 17.6 Å². The normalized spacial score (nSPS) is 13.4. The molecule has 0 bridgehead atoms. The quantitative estimate of drug-likeness (QED) is 0.835. The highest BCUT2D eigenvalue weighted by molar-refractivity contribution is 5.96. The molecule has 0 aliphatic heterocycles. The Morgan fingerprint density at radius 2 is 2.06 bits per heavy atom. The summed E-state index contributed by atoms with van der Waals surface area (Å²) in [6, 6.07) is 9.28. The van der Waals surface area contributed by atoms with Crippen molar-refractivity contribution in [1.29, 1.82) is 5.26 Å². The molecule has 1 rings (SSSR count). The van der Waals surface area contributed by atoms with E-state index in [0.29, 0.717) is 18.5 Å². The van der Waals surface area contributed by atoms with Crippen LogP contribution in [0.1, 0.15) is 25.8 Å². The highest BCUT2D eigenvalue weighted by Gasteiger charge is 2.31. The van der Waals surface area contributed by atoms with E-state index in [1.54, 1.807) is 19.1 Å². The standard InChI is InChI=1S/C14H18N2O2/c1-3-14(2,10-15)13(18)16-12-6-4-11(5-7-12)8-9-17/h4-7,17H,3,8-9H2,1-2H3,(H,16,18). The lowest BCUT2D eigenvalue weighted by molar-refractivity contribution is -0.122. The number of nitrogens with zero attached hydrogens (tertiary/aromatic N) is 1. The minimum absolute atomic E-state index is 0.105. The molecule has 0 saturated heterocycles. The van der Waals surface area contributed by atoms with Gasteiger partial charge in [0.05, 0.1) is 6.07 Å². The number of amides is 1. The van der Waals surface area contributed by atoms with Crippen molar-refractivity contribution >= 4 is 11.6 Å². The van der Waals surface area contributed by atoms with E-state index < -0.39 is 5.41 Å². The Bertz CT molecular complexity index is 448. The lowest BCUT2D eigenvalue weighted by Gasteiger charge is -2.18. The van der Waals surface area contributed by atoms with Crippen LogP contribution in [0.25, 0.3) is 0 Å². The molecular weight excluding hydrogens is 228 g/mol. The van der Waals surface area contributed by atoms with Crippen LogP contribution in [0.2, 0.25) is 0 Å². The summed E-state index contributed by atoms with van der Waals surface area (Å²) in [6.07, 6.45) is 1.07. The zero-order valence-electron chi connectivity index (χ0n) is 10.7. The Labute approximate surface area is 107 Å². The van der Waals surface area contributed by atoms with Gasteiger partial charge in [-0.3, -0.25) is 4.79 Å². The molecule has 0 aliphatic carbocycles. The third kappa shape index (κ3) is 3.31. The number of hydrogen-bond acceptors (Lipinski definition) is 3. The van der Waals surface area contributed by atoms with E-state index in [2.05, 4.69) is 5.32 Å². The van der Waals surface area contributed by atoms with E-state index in [1.165, 1.54) is 0 Å². The number of anilines is 1. The van der Waals surface area contributed by atoms with Gasteiger partial charge in [0.1, 0.15) is 5.41 Å². The predicted molar refractivity (Wildman–Crippen MR) is 69.9 cm³/mol. The smallest absolute Gasteiger partial charge is 0.244 e. The highest BCUT2D eigenvalue weighted by atomic mass is 16.2. The van der Waals surface area contributed by atoms with E-state index in [9.17, 15) is 4.79 Å². The average molecular weight is 246 g/mol. The summed E-state index contributed by atoms with van der Waals surface area (Å²) in [5.41, 5.74) is 0.676. The van der Waals surface area contributed by atoms with Crippen molar-refractivity contribution in [1.82, 2.24) is 0 Å². The number of carbonyl (C=O) groups excluding carboxylic acids is 1. The number of hydrogen-bond donors (Lipinski definition) is 2. The van der Waals surface area contributed by atoms with E-state index in [4.69, 9.17) is 10.4 Å². The molecule has 2 N–H and O–H groups in total. The first-order chi connectivity index (χ1) is 8.55. The van der Waals surface area contributed by atoms with Crippen molar-refractivity contribution in [2.24, 2.45) is 5.41 Å². The molecule has 96 valence electrons. The molecule has 0 aliphatic rings. The van der Waals surface area contributed by atoms with Crippen LogP contribution < -0.4 is 5.32 Å². The van der Waals surface area contributed by atoms with Crippen LogP contribution in [-0.2, 0) is 11.2 Å². The molecule has 18 heavy (non-hydrogen) atoms. The van der Waals surface area contributed by atoms with Crippen molar-refractivity contribution in [3.63, 3.8) is 0 Å². The van der Waals surface area contributed by atoms with Crippen LogP contribution in [0.3, 0.4) is 0 Å². The van der Waals surface area contributed by atoms with Gasteiger partial charge in [0.25, 0.3) is 0 Å². The third-order valence-electron chi connectivity index (χ3n) is 3.07. The molecule has 0 saturated carbocycles. The number of nitrogens with one attached hydrogen (secondary N) is 1. The van der Waals surface area contributed by atoms with Crippen LogP contribution in [0, 0.1) is 16.7 Å². The maximum Gasteiger partial charge on any atom is 0.244 e. The topological polar surface area (TPSA) is 73.1 Å². The highest BCUT2D eigenvalue weighted by Crippen LogP contribution is 2.22. The fourth-order valence-corrected chi connectivity index (χ4v) is 1.44. The number of rotatable bonds is 5.